The van der Waals surface area contributed by atoms with Gasteiger partial charge in [-0.15, -0.1) is 0 Å². The van der Waals surface area contributed by atoms with E-state index in [1.165, 1.54) is 0 Å². The van der Waals surface area contributed by atoms with E-state index >= 15 is 0 Å². The van der Waals surface area contributed by atoms with Crippen LogP contribution < -0.4 is 10.2 Å². The molecule has 0 amide bonds. The summed E-state index contributed by atoms with van der Waals surface area (Å²) in [7, 11) is 1.96. The Labute approximate surface area is 189 Å². The van der Waals surface area contributed by atoms with E-state index in [0.29, 0.717) is 18.9 Å². The number of hydrogen-bond donors (Lipinski definition) is 1. The van der Waals surface area contributed by atoms with Crippen LogP contribution in [0.4, 0.5) is 30.6 Å². The number of benzene rings is 1. The standard InChI is InChI=1S/C23H24F3N5O2/c1-15-11-17(13-18(12-15)29-22-27-7-5-19(30-22)23(24,25)26)16-3-4-20(28-14-16)31(2)8-6-21-32-9-10-33-21/h3-5,7,11-14,21H,6,8-10H2,1-2H3,(H,27,29,30). The number of anilines is 3. The maximum Gasteiger partial charge on any atom is 0.433 e. The molecule has 0 atom stereocenters. The van der Waals surface area contributed by atoms with E-state index in [0.717, 1.165) is 47.7 Å². The van der Waals surface area contributed by atoms with Crippen molar-refractivity contribution in [1.82, 2.24) is 15.0 Å². The summed E-state index contributed by atoms with van der Waals surface area (Å²) in [4.78, 5) is 14.1. The lowest BCUT2D eigenvalue weighted by molar-refractivity contribution is -0.141. The molecule has 1 aliphatic heterocycles. The molecular weight excluding hydrogens is 435 g/mol. The summed E-state index contributed by atoms with van der Waals surface area (Å²) in [6, 6.07) is 10.3. The van der Waals surface area contributed by atoms with Crippen molar-refractivity contribution in [2.24, 2.45) is 0 Å². The number of nitrogens with zero attached hydrogens (tertiary/aromatic N) is 4. The molecule has 1 saturated heterocycles. The molecule has 0 unspecified atom stereocenters. The number of aromatic nitrogens is 3. The van der Waals surface area contributed by atoms with Gasteiger partial charge >= 0.3 is 6.18 Å². The molecule has 1 N–H and O–H groups in total. The van der Waals surface area contributed by atoms with Gasteiger partial charge in [0.1, 0.15) is 11.5 Å². The molecule has 10 heteroatoms. The van der Waals surface area contributed by atoms with Gasteiger partial charge < -0.3 is 19.7 Å². The molecule has 33 heavy (non-hydrogen) atoms. The van der Waals surface area contributed by atoms with Crippen LogP contribution in [0, 0.1) is 6.92 Å². The van der Waals surface area contributed by atoms with Crippen LogP contribution in [0.15, 0.2) is 48.8 Å². The van der Waals surface area contributed by atoms with Gasteiger partial charge in [0.05, 0.1) is 13.2 Å². The minimum Gasteiger partial charge on any atom is -0.359 e. The van der Waals surface area contributed by atoms with E-state index in [4.69, 9.17) is 9.47 Å². The van der Waals surface area contributed by atoms with Crippen LogP contribution in [-0.4, -0.2) is 48.0 Å². The van der Waals surface area contributed by atoms with Crippen molar-refractivity contribution in [2.75, 3.05) is 37.0 Å². The number of aryl methyl sites for hydroxylation is 1. The predicted molar refractivity (Wildman–Crippen MR) is 118 cm³/mol. The normalized spacial score (nSPS) is 14.5. The number of alkyl halides is 3. The fraction of sp³-hybridized carbons (Fsp3) is 0.348. The molecule has 0 aliphatic carbocycles. The Balaban J connectivity index is 1.47. The third kappa shape index (κ3) is 5.96. The molecule has 1 aliphatic rings. The lowest BCUT2D eigenvalue weighted by Crippen LogP contribution is -2.24. The molecule has 1 fully saturated rings. The first-order chi connectivity index (χ1) is 15.8. The fourth-order valence-corrected chi connectivity index (χ4v) is 3.50. The van der Waals surface area contributed by atoms with Crippen molar-refractivity contribution in [1.29, 1.82) is 0 Å². The van der Waals surface area contributed by atoms with Crippen molar-refractivity contribution in [3.8, 4) is 11.1 Å². The number of pyridine rings is 1. The SMILES string of the molecule is Cc1cc(Nc2nccc(C(F)(F)F)n2)cc(-c2ccc(N(C)CCC3OCCO3)nc2)c1. The zero-order valence-electron chi connectivity index (χ0n) is 18.3. The molecule has 3 heterocycles. The Morgan fingerprint density at radius 1 is 1.06 bits per heavy atom. The minimum atomic E-state index is -4.53. The van der Waals surface area contributed by atoms with Crippen LogP contribution in [0.2, 0.25) is 0 Å². The second kappa shape index (κ2) is 9.72. The summed E-state index contributed by atoms with van der Waals surface area (Å²) in [5, 5.41) is 2.87. The first-order valence-electron chi connectivity index (χ1n) is 10.5. The van der Waals surface area contributed by atoms with Crippen molar-refractivity contribution >= 4 is 17.5 Å². The molecule has 0 radical (unpaired) electrons. The van der Waals surface area contributed by atoms with Gasteiger partial charge in [-0.3, -0.25) is 0 Å². The quantitative estimate of drug-likeness (QED) is 0.544. The van der Waals surface area contributed by atoms with E-state index in [9.17, 15) is 13.2 Å². The number of ether oxygens (including phenoxy) is 2. The Morgan fingerprint density at radius 3 is 2.55 bits per heavy atom. The molecule has 1 aromatic carbocycles. The van der Waals surface area contributed by atoms with Crippen molar-refractivity contribution in [3.63, 3.8) is 0 Å². The monoisotopic (exact) mass is 459 g/mol. The average molecular weight is 459 g/mol. The molecule has 0 bridgehead atoms. The van der Waals surface area contributed by atoms with Gasteiger partial charge in [0.15, 0.2) is 6.29 Å². The van der Waals surface area contributed by atoms with E-state index < -0.39 is 11.9 Å². The highest BCUT2D eigenvalue weighted by Crippen LogP contribution is 2.29. The lowest BCUT2D eigenvalue weighted by atomic mass is 10.0. The maximum absolute atomic E-state index is 12.9. The Hall–Kier alpha value is -3.24. The van der Waals surface area contributed by atoms with Crippen LogP contribution in [-0.2, 0) is 15.7 Å². The number of rotatable bonds is 7. The maximum atomic E-state index is 12.9. The van der Waals surface area contributed by atoms with Crippen LogP contribution in [0.3, 0.4) is 0 Å². The molecule has 2 aromatic heterocycles. The molecule has 3 aromatic rings. The highest BCUT2D eigenvalue weighted by Gasteiger charge is 2.32. The lowest BCUT2D eigenvalue weighted by Gasteiger charge is -2.20. The van der Waals surface area contributed by atoms with E-state index in [2.05, 4.69) is 20.3 Å². The number of nitrogens with one attached hydrogen (secondary N) is 1. The van der Waals surface area contributed by atoms with Crippen LogP contribution in [0.5, 0.6) is 0 Å². The number of halogens is 3. The van der Waals surface area contributed by atoms with E-state index in [-0.39, 0.29) is 12.2 Å². The van der Waals surface area contributed by atoms with Crippen molar-refractivity contribution in [3.05, 3.63) is 60.0 Å². The number of hydrogen-bond acceptors (Lipinski definition) is 7. The summed E-state index contributed by atoms with van der Waals surface area (Å²) < 4.78 is 49.7. The molecule has 0 saturated carbocycles. The van der Waals surface area contributed by atoms with Gasteiger partial charge in [-0.1, -0.05) is 6.07 Å². The molecule has 4 rings (SSSR count). The molecular formula is C23H24F3N5O2. The van der Waals surface area contributed by atoms with Crippen LogP contribution in [0.25, 0.3) is 11.1 Å². The summed E-state index contributed by atoms with van der Waals surface area (Å²) in [5.74, 6) is 0.701. The fourth-order valence-electron chi connectivity index (χ4n) is 3.50. The van der Waals surface area contributed by atoms with Crippen LogP contribution >= 0.6 is 0 Å². The van der Waals surface area contributed by atoms with Gasteiger partial charge in [0, 0.05) is 43.7 Å². The van der Waals surface area contributed by atoms with E-state index in [1.54, 1.807) is 6.20 Å². The van der Waals surface area contributed by atoms with Gasteiger partial charge in [-0.25, -0.2) is 15.0 Å². The topological polar surface area (TPSA) is 72.4 Å². The first-order valence-corrected chi connectivity index (χ1v) is 10.5. The Morgan fingerprint density at radius 2 is 1.85 bits per heavy atom. The zero-order valence-corrected chi connectivity index (χ0v) is 18.3. The first kappa shape index (κ1) is 22.9. The predicted octanol–water partition coefficient (Wildman–Crippen LogP) is 4.81. The van der Waals surface area contributed by atoms with E-state index in [1.807, 2.05) is 49.2 Å². The Bertz CT molecular complexity index is 1090. The van der Waals surface area contributed by atoms with Crippen LogP contribution in [0.1, 0.15) is 17.7 Å². The van der Waals surface area contributed by atoms with Crippen molar-refractivity contribution < 1.29 is 22.6 Å². The molecule has 174 valence electrons. The summed E-state index contributed by atoms with van der Waals surface area (Å²) in [6.07, 6.45) is -1.09. The molecule has 0 spiro atoms. The average Bonchev–Trinajstić information content (AvgIpc) is 3.30. The summed E-state index contributed by atoms with van der Waals surface area (Å²) >= 11 is 0. The van der Waals surface area contributed by atoms with Gasteiger partial charge in [0.2, 0.25) is 5.95 Å². The van der Waals surface area contributed by atoms with Gasteiger partial charge in [-0.2, -0.15) is 13.2 Å². The van der Waals surface area contributed by atoms with Crippen molar-refractivity contribution in [2.45, 2.75) is 25.8 Å². The highest BCUT2D eigenvalue weighted by atomic mass is 19.4. The van der Waals surface area contributed by atoms with Gasteiger partial charge in [0.25, 0.3) is 0 Å². The molecule has 7 nitrogen and oxygen atoms in total. The highest BCUT2D eigenvalue weighted by molar-refractivity contribution is 5.71. The minimum absolute atomic E-state index is 0.119. The second-order valence-corrected chi connectivity index (χ2v) is 7.76. The van der Waals surface area contributed by atoms with Gasteiger partial charge in [-0.05, 0) is 48.4 Å². The summed E-state index contributed by atoms with van der Waals surface area (Å²) in [5.41, 5.74) is 2.27. The summed E-state index contributed by atoms with van der Waals surface area (Å²) in [6.45, 7) is 3.92. The Kier molecular flexibility index (Phi) is 6.75. The third-order valence-corrected chi connectivity index (χ3v) is 5.14. The zero-order chi connectivity index (χ0) is 23.4. The smallest absolute Gasteiger partial charge is 0.359 e. The second-order valence-electron chi connectivity index (χ2n) is 7.76. The largest absolute Gasteiger partial charge is 0.433 e. The third-order valence-electron chi connectivity index (χ3n) is 5.14.